The van der Waals surface area contributed by atoms with Crippen LogP contribution in [0.1, 0.15) is 11.1 Å². The third kappa shape index (κ3) is 1.82. The number of allylic oxidation sites excluding steroid dienone is 2. The second-order valence-electron chi connectivity index (χ2n) is 3.40. The minimum atomic E-state index is -0.0883. The van der Waals surface area contributed by atoms with Crippen molar-refractivity contribution in [1.82, 2.24) is 5.06 Å². The van der Waals surface area contributed by atoms with Crippen LogP contribution in [-0.2, 0) is 4.79 Å². The first-order valence-corrected chi connectivity index (χ1v) is 4.64. The highest BCUT2D eigenvalue weighted by Crippen LogP contribution is 2.26. The number of hydroxylamine groups is 2. The molecule has 0 aliphatic heterocycles. The van der Waals surface area contributed by atoms with E-state index in [0.717, 1.165) is 16.2 Å². The lowest BCUT2D eigenvalue weighted by Gasteiger charge is -2.14. The molecule has 1 aromatic carbocycles. The molecule has 3 nitrogen and oxygen atoms in total. The van der Waals surface area contributed by atoms with Crippen molar-refractivity contribution < 1.29 is 10.0 Å². The molecule has 0 radical (unpaired) electrons. The number of nitrogens with zero attached hydrogens (tertiary/aromatic N) is 1. The highest BCUT2D eigenvalue weighted by atomic mass is 16.5. The van der Waals surface area contributed by atoms with Gasteiger partial charge in [0.15, 0.2) is 5.78 Å². The lowest BCUT2D eigenvalue weighted by atomic mass is 9.92. The molecule has 1 aliphatic rings. The fourth-order valence-corrected chi connectivity index (χ4v) is 1.60. The summed E-state index contributed by atoms with van der Waals surface area (Å²) in [6.45, 7) is 0. The van der Waals surface area contributed by atoms with Crippen molar-refractivity contribution >= 4 is 17.4 Å². The van der Waals surface area contributed by atoms with Gasteiger partial charge in [-0.1, -0.05) is 30.3 Å². The van der Waals surface area contributed by atoms with E-state index in [4.69, 9.17) is 5.21 Å². The molecule has 0 aromatic heterocycles. The van der Waals surface area contributed by atoms with Crippen LogP contribution in [0.3, 0.4) is 0 Å². The minimum absolute atomic E-state index is 0.0883. The molecule has 1 aromatic rings. The summed E-state index contributed by atoms with van der Waals surface area (Å²) in [7, 11) is 1.47. The molecule has 2 rings (SSSR count). The molecule has 0 spiro atoms. The average molecular weight is 201 g/mol. The molecule has 0 amide bonds. The standard InChI is InChI=1S/C12H11NO2/c1-13(15)8-11-10-5-3-2-4-9(10)6-7-12(11)14/h2-8,15H,1H3. The molecule has 15 heavy (non-hydrogen) atoms. The maximum Gasteiger partial charge on any atom is 0.188 e. The molecule has 3 heteroatoms. The Morgan fingerprint density at radius 1 is 1.27 bits per heavy atom. The Hall–Kier alpha value is -1.87. The summed E-state index contributed by atoms with van der Waals surface area (Å²) in [5, 5.41) is 10.0. The summed E-state index contributed by atoms with van der Waals surface area (Å²) in [5.41, 5.74) is 2.36. The van der Waals surface area contributed by atoms with Crippen molar-refractivity contribution in [3.8, 4) is 0 Å². The van der Waals surface area contributed by atoms with Crippen molar-refractivity contribution in [2.24, 2.45) is 0 Å². The van der Waals surface area contributed by atoms with E-state index in [-0.39, 0.29) is 5.78 Å². The molecule has 0 unspecified atom stereocenters. The molecule has 0 atom stereocenters. The fourth-order valence-electron chi connectivity index (χ4n) is 1.60. The van der Waals surface area contributed by atoms with Crippen molar-refractivity contribution in [1.29, 1.82) is 0 Å². The first-order chi connectivity index (χ1) is 7.18. The number of carbonyl (C=O) groups excluding carboxylic acids is 1. The molecule has 0 fully saturated rings. The van der Waals surface area contributed by atoms with Crippen LogP contribution < -0.4 is 0 Å². The van der Waals surface area contributed by atoms with Crippen molar-refractivity contribution in [2.75, 3.05) is 7.05 Å². The van der Waals surface area contributed by atoms with Crippen molar-refractivity contribution in [2.45, 2.75) is 0 Å². The van der Waals surface area contributed by atoms with Crippen LogP contribution in [0.2, 0.25) is 0 Å². The number of ketones is 1. The molecular weight excluding hydrogens is 190 g/mol. The Morgan fingerprint density at radius 2 is 2.00 bits per heavy atom. The number of carbonyl (C=O) groups is 1. The van der Waals surface area contributed by atoms with Crippen molar-refractivity contribution in [3.05, 3.63) is 47.7 Å². The largest absolute Gasteiger partial charge is 0.289 e. The lowest BCUT2D eigenvalue weighted by Crippen LogP contribution is -2.10. The second kappa shape index (κ2) is 3.71. The van der Waals surface area contributed by atoms with E-state index in [1.807, 2.05) is 24.3 Å². The normalized spacial score (nSPS) is 16.7. The van der Waals surface area contributed by atoms with Gasteiger partial charge in [-0.25, -0.2) is 0 Å². The summed E-state index contributed by atoms with van der Waals surface area (Å²) in [6, 6.07) is 7.59. The maximum absolute atomic E-state index is 11.6. The maximum atomic E-state index is 11.6. The van der Waals surface area contributed by atoms with E-state index in [2.05, 4.69) is 0 Å². The van der Waals surface area contributed by atoms with Gasteiger partial charge in [0, 0.05) is 18.8 Å². The predicted molar refractivity (Wildman–Crippen MR) is 58.0 cm³/mol. The van der Waals surface area contributed by atoms with E-state index in [1.54, 1.807) is 6.08 Å². The zero-order valence-electron chi connectivity index (χ0n) is 8.34. The molecular formula is C12H11NO2. The van der Waals surface area contributed by atoms with Crippen LogP contribution in [0.15, 0.2) is 36.5 Å². The summed E-state index contributed by atoms with van der Waals surface area (Å²) in [4.78, 5) is 11.6. The van der Waals surface area contributed by atoms with Gasteiger partial charge in [-0.2, -0.15) is 0 Å². The quantitative estimate of drug-likeness (QED) is 0.557. The Morgan fingerprint density at radius 3 is 2.73 bits per heavy atom. The average Bonchev–Trinajstić information content (AvgIpc) is 2.22. The fraction of sp³-hybridized carbons (Fsp3) is 0.0833. The molecule has 1 aliphatic carbocycles. The summed E-state index contributed by atoms with van der Waals surface area (Å²) >= 11 is 0. The minimum Gasteiger partial charge on any atom is -0.289 e. The molecule has 76 valence electrons. The van der Waals surface area contributed by atoms with Crippen LogP contribution in [0.25, 0.3) is 11.6 Å². The highest BCUT2D eigenvalue weighted by Gasteiger charge is 2.16. The van der Waals surface area contributed by atoms with Crippen LogP contribution >= 0.6 is 0 Å². The van der Waals surface area contributed by atoms with Gasteiger partial charge < -0.3 is 0 Å². The summed E-state index contributed by atoms with van der Waals surface area (Å²) in [5.74, 6) is -0.0883. The topological polar surface area (TPSA) is 40.5 Å². The molecule has 1 N–H and O–H groups in total. The zero-order valence-corrected chi connectivity index (χ0v) is 8.34. The molecule has 0 heterocycles. The van der Waals surface area contributed by atoms with E-state index < -0.39 is 0 Å². The highest BCUT2D eigenvalue weighted by molar-refractivity contribution is 6.29. The molecule has 0 bridgehead atoms. The number of rotatable bonds is 1. The van der Waals surface area contributed by atoms with Crippen molar-refractivity contribution in [3.63, 3.8) is 0 Å². The number of fused-ring (bicyclic) bond motifs is 1. The lowest BCUT2D eigenvalue weighted by molar-refractivity contribution is -0.109. The van der Waals surface area contributed by atoms with Gasteiger partial charge in [-0.15, -0.1) is 0 Å². The monoisotopic (exact) mass is 201 g/mol. The smallest absolute Gasteiger partial charge is 0.188 e. The van der Waals surface area contributed by atoms with Gasteiger partial charge in [0.05, 0.1) is 0 Å². The first kappa shape index (κ1) is 9.68. The number of hydrogen-bond donors (Lipinski definition) is 1. The van der Waals surface area contributed by atoms with E-state index in [1.165, 1.54) is 19.3 Å². The van der Waals surface area contributed by atoms with Crippen LogP contribution in [0.5, 0.6) is 0 Å². The summed E-state index contributed by atoms with van der Waals surface area (Å²) in [6.07, 6.45) is 4.72. The zero-order chi connectivity index (χ0) is 10.8. The Labute approximate surface area is 87.9 Å². The second-order valence-corrected chi connectivity index (χ2v) is 3.40. The number of benzene rings is 1. The van der Waals surface area contributed by atoms with Gasteiger partial charge in [-0.05, 0) is 17.2 Å². The van der Waals surface area contributed by atoms with Crippen LogP contribution in [-0.4, -0.2) is 23.1 Å². The Balaban J connectivity index is 2.57. The van der Waals surface area contributed by atoms with Gasteiger partial charge in [-0.3, -0.25) is 15.1 Å². The molecule has 0 saturated heterocycles. The van der Waals surface area contributed by atoms with Gasteiger partial charge in [0.25, 0.3) is 0 Å². The van der Waals surface area contributed by atoms with Gasteiger partial charge in [0.1, 0.15) is 0 Å². The summed E-state index contributed by atoms with van der Waals surface area (Å²) < 4.78 is 0. The molecule has 0 saturated carbocycles. The Kier molecular flexibility index (Phi) is 2.39. The van der Waals surface area contributed by atoms with Crippen LogP contribution in [0.4, 0.5) is 0 Å². The third-order valence-electron chi connectivity index (χ3n) is 2.25. The van der Waals surface area contributed by atoms with Crippen LogP contribution in [0, 0.1) is 0 Å². The SMILES string of the molecule is CN(O)C=C1C(=O)C=Cc2ccccc21. The number of hydrogen-bond acceptors (Lipinski definition) is 3. The first-order valence-electron chi connectivity index (χ1n) is 4.64. The van der Waals surface area contributed by atoms with E-state index in [0.29, 0.717) is 5.57 Å². The van der Waals surface area contributed by atoms with E-state index in [9.17, 15) is 4.79 Å². The van der Waals surface area contributed by atoms with Gasteiger partial charge in [0.2, 0.25) is 0 Å². The third-order valence-corrected chi connectivity index (χ3v) is 2.25. The Bertz CT molecular complexity index is 458. The van der Waals surface area contributed by atoms with E-state index >= 15 is 0 Å². The van der Waals surface area contributed by atoms with Gasteiger partial charge >= 0.3 is 0 Å². The predicted octanol–water partition coefficient (Wildman–Crippen LogP) is 1.94.